The van der Waals surface area contributed by atoms with Crippen LogP contribution in [0.25, 0.3) is 11.4 Å². The molecule has 4 N–H and O–H groups in total. The molecule has 0 aliphatic rings. The van der Waals surface area contributed by atoms with Gasteiger partial charge in [0.2, 0.25) is 12.0 Å². The summed E-state index contributed by atoms with van der Waals surface area (Å²) in [5, 5.41) is 18.7. The van der Waals surface area contributed by atoms with Crippen molar-refractivity contribution < 1.29 is 37.7 Å². The molecular formula is C21H18F3N3O5. The third-order valence-electron chi connectivity index (χ3n) is 4.22. The van der Waals surface area contributed by atoms with Crippen LogP contribution in [0.3, 0.4) is 0 Å². The third-order valence-corrected chi connectivity index (χ3v) is 4.22. The maximum absolute atomic E-state index is 12.6. The molecule has 1 aromatic heterocycles. The van der Waals surface area contributed by atoms with Crippen molar-refractivity contribution in [3.63, 3.8) is 0 Å². The highest BCUT2D eigenvalue weighted by Gasteiger charge is 2.30. The van der Waals surface area contributed by atoms with Crippen molar-refractivity contribution >= 4 is 5.91 Å². The fourth-order valence-corrected chi connectivity index (χ4v) is 2.62. The molecule has 2 atom stereocenters. The van der Waals surface area contributed by atoms with Gasteiger partial charge in [-0.15, -0.1) is 0 Å². The molecule has 0 radical (unpaired) electrons. The lowest BCUT2D eigenvalue weighted by atomic mass is 10.2. The SMILES string of the molecule is NC(=O)[C@@H](Oc1ccnc(-c2ccc(Oc3ccc(C(F)(F)F)cc3)cc2)n1)C(O)CO. The Hall–Kier alpha value is -3.70. The van der Waals surface area contributed by atoms with Crippen molar-refractivity contribution in [3.05, 3.63) is 66.4 Å². The van der Waals surface area contributed by atoms with Crippen LogP contribution in [0.1, 0.15) is 5.56 Å². The predicted molar refractivity (Wildman–Crippen MR) is 106 cm³/mol. The number of nitrogens with two attached hydrogens (primary N) is 1. The van der Waals surface area contributed by atoms with E-state index in [1.807, 2.05) is 0 Å². The topological polar surface area (TPSA) is 128 Å². The maximum atomic E-state index is 12.6. The third kappa shape index (κ3) is 5.71. The van der Waals surface area contributed by atoms with Crippen LogP contribution in [0.2, 0.25) is 0 Å². The number of primary amides is 1. The second-order valence-electron chi connectivity index (χ2n) is 6.56. The minimum atomic E-state index is -4.42. The highest BCUT2D eigenvalue weighted by atomic mass is 19.4. The molecule has 3 rings (SSSR count). The first-order valence-corrected chi connectivity index (χ1v) is 9.21. The second-order valence-corrected chi connectivity index (χ2v) is 6.56. The number of aromatic nitrogens is 2. The van der Waals surface area contributed by atoms with Gasteiger partial charge in [-0.25, -0.2) is 4.98 Å². The molecule has 1 unspecified atom stereocenters. The van der Waals surface area contributed by atoms with Gasteiger partial charge in [0.15, 0.2) is 5.82 Å². The Morgan fingerprint density at radius 1 is 1.03 bits per heavy atom. The molecule has 168 valence electrons. The normalized spacial score (nSPS) is 13.3. The Morgan fingerprint density at radius 2 is 1.62 bits per heavy atom. The van der Waals surface area contributed by atoms with Crippen LogP contribution in [0.15, 0.2) is 60.8 Å². The van der Waals surface area contributed by atoms with Gasteiger partial charge in [-0.3, -0.25) is 4.79 Å². The first-order valence-electron chi connectivity index (χ1n) is 9.21. The minimum absolute atomic E-state index is 0.0450. The number of ether oxygens (including phenoxy) is 2. The molecule has 0 aliphatic carbocycles. The second kappa shape index (κ2) is 9.62. The van der Waals surface area contributed by atoms with E-state index in [0.29, 0.717) is 11.3 Å². The number of carbonyl (C=O) groups is 1. The van der Waals surface area contributed by atoms with E-state index in [1.54, 1.807) is 24.3 Å². The summed E-state index contributed by atoms with van der Waals surface area (Å²) in [5.41, 5.74) is 4.95. The molecule has 32 heavy (non-hydrogen) atoms. The molecule has 0 bridgehead atoms. The zero-order valence-corrected chi connectivity index (χ0v) is 16.4. The Morgan fingerprint density at radius 3 is 2.16 bits per heavy atom. The molecular weight excluding hydrogens is 431 g/mol. The summed E-state index contributed by atoms with van der Waals surface area (Å²) in [6.45, 7) is -0.730. The summed E-state index contributed by atoms with van der Waals surface area (Å²) in [5.74, 6) is -0.184. The number of alkyl halides is 3. The smallest absolute Gasteiger partial charge is 0.416 e. The maximum Gasteiger partial charge on any atom is 0.416 e. The van der Waals surface area contributed by atoms with Gasteiger partial charge in [-0.05, 0) is 48.5 Å². The number of halogens is 3. The van der Waals surface area contributed by atoms with Gasteiger partial charge in [-0.2, -0.15) is 18.2 Å². The highest BCUT2D eigenvalue weighted by Crippen LogP contribution is 2.31. The lowest BCUT2D eigenvalue weighted by Crippen LogP contribution is -2.45. The van der Waals surface area contributed by atoms with E-state index in [0.717, 1.165) is 12.1 Å². The fraction of sp³-hybridized carbons (Fsp3) is 0.190. The summed E-state index contributed by atoms with van der Waals surface area (Å²) < 4.78 is 48.7. The van der Waals surface area contributed by atoms with Gasteiger partial charge in [-0.1, -0.05) is 0 Å². The molecule has 8 nitrogen and oxygen atoms in total. The average molecular weight is 449 g/mol. The van der Waals surface area contributed by atoms with Crippen LogP contribution in [0.4, 0.5) is 13.2 Å². The standard InChI is InChI=1S/C21H18F3N3O5/c22-21(23,24)13-3-7-15(8-4-13)31-14-5-1-12(2-6-14)20-26-10-9-17(27-20)32-18(19(25)30)16(29)11-28/h1-10,16,18,28-29H,11H2,(H2,25,30)/t16?,18-/m0/s1. The van der Waals surface area contributed by atoms with Crippen LogP contribution in [0, 0.1) is 0 Å². The number of amides is 1. The lowest BCUT2D eigenvalue weighted by molar-refractivity contribution is -0.137. The lowest BCUT2D eigenvalue weighted by Gasteiger charge is -2.19. The number of rotatable bonds is 8. The van der Waals surface area contributed by atoms with Gasteiger partial charge in [0.05, 0.1) is 12.2 Å². The van der Waals surface area contributed by atoms with E-state index in [9.17, 15) is 23.1 Å². The largest absolute Gasteiger partial charge is 0.461 e. The minimum Gasteiger partial charge on any atom is -0.461 e. The van der Waals surface area contributed by atoms with E-state index >= 15 is 0 Å². The number of nitrogens with zero attached hydrogens (tertiary/aromatic N) is 2. The zero-order valence-electron chi connectivity index (χ0n) is 16.4. The molecule has 0 saturated carbocycles. The van der Waals surface area contributed by atoms with Crippen molar-refractivity contribution in [3.8, 4) is 28.8 Å². The number of benzene rings is 2. The first-order chi connectivity index (χ1) is 15.2. The molecule has 0 aliphatic heterocycles. The number of hydrogen-bond acceptors (Lipinski definition) is 7. The number of carbonyl (C=O) groups excluding carboxylic acids is 1. The van der Waals surface area contributed by atoms with E-state index in [1.165, 1.54) is 24.4 Å². The van der Waals surface area contributed by atoms with Crippen LogP contribution >= 0.6 is 0 Å². The van der Waals surface area contributed by atoms with Crippen molar-refractivity contribution in [2.75, 3.05) is 6.61 Å². The molecule has 0 spiro atoms. The van der Waals surface area contributed by atoms with Crippen LogP contribution in [-0.2, 0) is 11.0 Å². The number of aliphatic hydroxyl groups excluding tert-OH is 2. The van der Waals surface area contributed by atoms with Gasteiger partial charge in [0, 0.05) is 17.8 Å². The summed E-state index contributed by atoms with van der Waals surface area (Å²) in [4.78, 5) is 19.7. The van der Waals surface area contributed by atoms with Crippen LogP contribution < -0.4 is 15.2 Å². The molecule has 0 fully saturated rings. The average Bonchev–Trinajstić information content (AvgIpc) is 2.77. The van der Waals surface area contributed by atoms with Crippen LogP contribution in [-0.4, -0.2) is 44.9 Å². The van der Waals surface area contributed by atoms with Gasteiger partial charge in [0.1, 0.15) is 17.6 Å². The summed E-state index contributed by atoms with van der Waals surface area (Å²) in [6.07, 6.45) is -6.07. The number of hydrogen-bond donors (Lipinski definition) is 3. The fourth-order valence-electron chi connectivity index (χ4n) is 2.62. The molecule has 3 aromatic rings. The Balaban J connectivity index is 1.72. The van der Waals surface area contributed by atoms with E-state index in [-0.39, 0.29) is 17.5 Å². The first kappa shape index (κ1) is 23.0. The number of aliphatic hydroxyl groups is 2. The molecule has 2 aromatic carbocycles. The van der Waals surface area contributed by atoms with Crippen molar-refractivity contribution in [1.82, 2.24) is 9.97 Å². The Labute approximate surface area is 180 Å². The molecule has 0 saturated heterocycles. The van der Waals surface area contributed by atoms with Crippen molar-refractivity contribution in [2.24, 2.45) is 5.73 Å². The van der Waals surface area contributed by atoms with E-state index in [4.69, 9.17) is 20.3 Å². The van der Waals surface area contributed by atoms with Crippen molar-refractivity contribution in [2.45, 2.75) is 18.4 Å². The summed E-state index contributed by atoms with van der Waals surface area (Å²) >= 11 is 0. The Kier molecular flexibility index (Phi) is 6.91. The van der Waals surface area contributed by atoms with Crippen molar-refractivity contribution in [1.29, 1.82) is 0 Å². The molecule has 11 heteroatoms. The quantitative estimate of drug-likeness (QED) is 0.482. The van der Waals surface area contributed by atoms with Gasteiger partial charge in [0.25, 0.3) is 5.91 Å². The summed E-state index contributed by atoms with van der Waals surface area (Å²) in [7, 11) is 0. The van der Waals surface area contributed by atoms with E-state index in [2.05, 4.69) is 9.97 Å². The monoisotopic (exact) mass is 449 g/mol. The molecule has 1 heterocycles. The summed E-state index contributed by atoms with van der Waals surface area (Å²) in [6, 6.07) is 12.0. The molecule has 1 amide bonds. The van der Waals surface area contributed by atoms with Gasteiger partial charge >= 0.3 is 6.18 Å². The zero-order chi connectivity index (χ0) is 23.3. The van der Waals surface area contributed by atoms with Crippen LogP contribution in [0.5, 0.6) is 17.4 Å². The van der Waals surface area contributed by atoms with Gasteiger partial charge < -0.3 is 25.4 Å². The Bertz CT molecular complexity index is 1060. The highest BCUT2D eigenvalue weighted by molar-refractivity contribution is 5.79. The predicted octanol–water partition coefficient (Wildman–Crippen LogP) is 2.54. The van der Waals surface area contributed by atoms with E-state index < -0.39 is 36.5 Å².